The number of hydrogen-bond donors (Lipinski definition) is 2. The van der Waals surface area contributed by atoms with Crippen molar-refractivity contribution in [2.24, 2.45) is 0 Å². The molecule has 2 rings (SSSR count). The van der Waals surface area contributed by atoms with Crippen molar-refractivity contribution in [3.05, 3.63) is 69.7 Å². The van der Waals surface area contributed by atoms with Crippen molar-refractivity contribution in [2.75, 3.05) is 0 Å². The maximum Gasteiger partial charge on any atom is 0.318 e. The van der Waals surface area contributed by atoms with Gasteiger partial charge in [0.05, 0.1) is 0 Å². The lowest BCUT2D eigenvalue weighted by Gasteiger charge is -2.19. The number of benzene rings is 2. The van der Waals surface area contributed by atoms with Gasteiger partial charge in [-0.25, -0.2) is 0 Å². The fourth-order valence-corrected chi connectivity index (χ4v) is 2.89. The third-order valence-corrected chi connectivity index (χ3v) is 4.18. The SMILES string of the molecule is O=C(O)C(C(=O)C(C(=O)O)c1ccccc1Cl)c1ccccc1Cl. The summed E-state index contributed by atoms with van der Waals surface area (Å²) in [5.41, 5.74) is 0.0740. The van der Waals surface area contributed by atoms with Crippen LogP contribution in [0.1, 0.15) is 23.0 Å². The topological polar surface area (TPSA) is 91.7 Å². The predicted molar refractivity (Wildman–Crippen MR) is 88.7 cm³/mol. The van der Waals surface area contributed by atoms with Gasteiger partial charge in [0, 0.05) is 10.0 Å². The summed E-state index contributed by atoms with van der Waals surface area (Å²) in [6, 6.07) is 11.8. The van der Waals surface area contributed by atoms with Crippen LogP contribution in [0.2, 0.25) is 10.0 Å². The molecule has 0 aliphatic rings. The zero-order chi connectivity index (χ0) is 17.9. The van der Waals surface area contributed by atoms with E-state index in [0.717, 1.165) is 0 Å². The molecule has 2 atom stereocenters. The average molecular weight is 367 g/mol. The Balaban J connectivity index is 2.55. The van der Waals surface area contributed by atoms with Gasteiger partial charge in [-0.3, -0.25) is 14.4 Å². The Labute approximate surface area is 147 Å². The highest BCUT2D eigenvalue weighted by Crippen LogP contribution is 2.33. The van der Waals surface area contributed by atoms with E-state index in [4.69, 9.17) is 23.2 Å². The summed E-state index contributed by atoms with van der Waals surface area (Å²) in [4.78, 5) is 36.0. The number of carboxylic acid groups (broad SMARTS) is 2. The molecule has 0 heterocycles. The Kier molecular flexibility index (Phi) is 5.59. The molecule has 2 aromatic carbocycles. The first-order valence-electron chi connectivity index (χ1n) is 6.82. The molecule has 0 fully saturated rings. The molecule has 24 heavy (non-hydrogen) atoms. The lowest BCUT2D eigenvalue weighted by molar-refractivity contribution is -0.146. The second kappa shape index (κ2) is 7.47. The smallest absolute Gasteiger partial charge is 0.318 e. The van der Waals surface area contributed by atoms with E-state index >= 15 is 0 Å². The molecule has 0 aliphatic heterocycles. The molecule has 0 saturated carbocycles. The molecule has 0 radical (unpaired) electrons. The summed E-state index contributed by atoms with van der Waals surface area (Å²) in [5.74, 6) is -7.40. The Bertz CT molecular complexity index is 738. The van der Waals surface area contributed by atoms with E-state index in [1.54, 1.807) is 12.1 Å². The highest BCUT2D eigenvalue weighted by molar-refractivity contribution is 6.33. The van der Waals surface area contributed by atoms with E-state index in [-0.39, 0.29) is 21.2 Å². The molecule has 7 heteroatoms. The van der Waals surface area contributed by atoms with Crippen LogP contribution >= 0.6 is 23.2 Å². The number of carboxylic acids is 2. The van der Waals surface area contributed by atoms with Crippen molar-refractivity contribution in [1.82, 2.24) is 0 Å². The highest BCUT2D eigenvalue weighted by atomic mass is 35.5. The molecule has 0 spiro atoms. The second-order valence-corrected chi connectivity index (χ2v) is 5.80. The molecule has 2 aromatic rings. The fourth-order valence-electron chi connectivity index (χ4n) is 2.40. The van der Waals surface area contributed by atoms with Gasteiger partial charge in [0.25, 0.3) is 0 Å². The molecule has 2 N–H and O–H groups in total. The number of hydrogen-bond acceptors (Lipinski definition) is 3. The van der Waals surface area contributed by atoms with Crippen LogP contribution in [0.5, 0.6) is 0 Å². The number of aliphatic carboxylic acids is 2. The number of carbonyl (C=O) groups excluding carboxylic acids is 1. The summed E-state index contributed by atoms with van der Waals surface area (Å²) in [6.07, 6.45) is 0. The van der Waals surface area contributed by atoms with Crippen molar-refractivity contribution in [3.8, 4) is 0 Å². The van der Waals surface area contributed by atoms with E-state index in [0.29, 0.717) is 0 Å². The lowest BCUT2D eigenvalue weighted by Crippen LogP contribution is -2.31. The first kappa shape index (κ1) is 18.0. The van der Waals surface area contributed by atoms with Gasteiger partial charge in [-0.15, -0.1) is 0 Å². The maximum atomic E-state index is 12.8. The molecule has 0 aromatic heterocycles. The predicted octanol–water partition coefficient (Wildman–Crippen LogP) is 3.60. The standard InChI is InChI=1S/C17H12Cl2O5/c18-11-7-3-1-5-9(11)13(16(21)22)15(20)14(17(23)24)10-6-2-4-8-12(10)19/h1-8,13-14H,(H,21,22)(H,23,24). The van der Waals surface area contributed by atoms with Gasteiger partial charge < -0.3 is 10.2 Å². The number of carbonyl (C=O) groups is 3. The number of Topliss-reactive ketones (excluding diaryl/α,β-unsaturated/α-hetero) is 1. The summed E-state index contributed by atoms with van der Waals surface area (Å²) in [6.45, 7) is 0. The highest BCUT2D eigenvalue weighted by Gasteiger charge is 2.40. The third kappa shape index (κ3) is 3.58. The largest absolute Gasteiger partial charge is 0.480 e. The minimum absolute atomic E-state index is 0.0370. The quantitative estimate of drug-likeness (QED) is 0.762. The second-order valence-electron chi connectivity index (χ2n) is 4.99. The van der Waals surface area contributed by atoms with Crippen molar-refractivity contribution >= 4 is 40.9 Å². The van der Waals surface area contributed by atoms with Crippen LogP contribution in [0, 0.1) is 0 Å². The number of halogens is 2. The van der Waals surface area contributed by atoms with Gasteiger partial charge in [-0.1, -0.05) is 59.6 Å². The number of ketones is 1. The van der Waals surface area contributed by atoms with Crippen LogP contribution in [-0.2, 0) is 14.4 Å². The molecule has 0 saturated heterocycles. The normalized spacial score (nSPS) is 13.1. The molecule has 124 valence electrons. The van der Waals surface area contributed by atoms with Crippen LogP contribution in [0.15, 0.2) is 48.5 Å². The van der Waals surface area contributed by atoms with Crippen LogP contribution in [0.25, 0.3) is 0 Å². The van der Waals surface area contributed by atoms with E-state index in [2.05, 4.69) is 0 Å². The lowest BCUT2D eigenvalue weighted by atomic mass is 9.83. The maximum absolute atomic E-state index is 12.8. The van der Waals surface area contributed by atoms with Crippen LogP contribution in [0.4, 0.5) is 0 Å². The summed E-state index contributed by atoms with van der Waals surface area (Å²) in [5, 5.41) is 19.1. The minimum Gasteiger partial charge on any atom is -0.480 e. The zero-order valence-corrected chi connectivity index (χ0v) is 13.7. The number of rotatable bonds is 6. The Morgan fingerprint density at radius 3 is 1.33 bits per heavy atom. The van der Waals surface area contributed by atoms with E-state index in [9.17, 15) is 24.6 Å². The van der Waals surface area contributed by atoms with E-state index < -0.39 is 29.6 Å². The van der Waals surface area contributed by atoms with E-state index in [1.807, 2.05) is 0 Å². The van der Waals surface area contributed by atoms with Gasteiger partial charge in [-0.2, -0.15) is 0 Å². The monoisotopic (exact) mass is 366 g/mol. The van der Waals surface area contributed by atoms with Crippen molar-refractivity contribution < 1.29 is 24.6 Å². The average Bonchev–Trinajstić information content (AvgIpc) is 2.51. The third-order valence-electron chi connectivity index (χ3n) is 3.50. The van der Waals surface area contributed by atoms with Gasteiger partial charge in [0.1, 0.15) is 11.8 Å². The molecule has 5 nitrogen and oxygen atoms in total. The van der Waals surface area contributed by atoms with Crippen molar-refractivity contribution in [3.63, 3.8) is 0 Å². The molecular weight excluding hydrogens is 355 g/mol. The van der Waals surface area contributed by atoms with Gasteiger partial charge in [-0.05, 0) is 23.3 Å². The first-order chi connectivity index (χ1) is 11.3. The van der Waals surface area contributed by atoms with Gasteiger partial charge >= 0.3 is 11.9 Å². The van der Waals surface area contributed by atoms with Gasteiger partial charge in [0.2, 0.25) is 0 Å². The summed E-state index contributed by atoms with van der Waals surface area (Å²) < 4.78 is 0. The molecule has 2 unspecified atom stereocenters. The molecule has 0 aliphatic carbocycles. The van der Waals surface area contributed by atoms with E-state index in [1.165, 1.54) is 36.4 Å². The zero-order valence-electron chi connectivity index (χ0n) is 12.1. The molecule has 0 amide bonds. The first-order valence-corrected chi connectivity index (χ1v) is 7.58. The minimum atomic E-state index is -1.71. The van der Waals surface area contributed by atoms with Crippen molar-refractivity contribution in [1.29, 1.82) is 0 Å². The van der Waals surface area contributed by atoms with Crippen LogP contribution in [-0.4, -0.2) is 27.9 Å². The van der Waals surface area contributed by atoms with Gasteiger partial charge in [0.15, 0.2) is 5.78 Å². The van der Waals surface area contributed by atoms with Crippen LogP contribution < -0.4 is 0 Å². The Hall–Kier alpha value is -2.37. The fraction of sp³-hybridized carbons (Fsp3) is 0.118. The summed E-state index contributed by atoms with van der Waals surface area (Å²) in [7, 11) is 0. The molecular formula is C17H12Cl2O5. The summed E-state index contributed by atoms with van der Waals surface area (Å²) >= 11 is 12.0. The Morgan fingerprint density at radius 1 is 0.708 bits per heavy atom. The molecule has 0 bridgehead atoms. The Morgan fingerprint density at radius 2 is 1.04 bits per heavy atom. The van der Waals surface area contributed by atoms with Crippen molar-refractivity contribution in [2.45, 2.75) is 11.8 Å². The van der Waals surface area contributed by atoms with Crippen LogP contribution in [0.3, 0.4) is 0 Å².